The molecular formula is C14H17FN2S. The number of nitrogens with zero attached hydrogens (tertiary/aromatic N) is 2. The van der Waals surface area contributed by atoms with Crippen LogP contribution in [0, 0.1) is 12.7 Å². The minimum atomic E-state index is -0.254. The van der Waals surface area contributed by atoms with Gasteiger partial charge in [0.25, 0.3) is 0 Å². The summed E-state index contributed by atoms with van der Waals surface area (Å²) >= 11 is 1.81. The highest BCUT2D eigenvalue weighted by Crippen LogP contribution is 2.27. The van der Waals surface area contributed by atoms with Crippen LogP contribution in [-0.2, 0) is 0 Å². The maximum absolute atomic E-state index is 13.8. The summed E-state index contributed by atoms with van der Waals surface area (Å²) in [6.07, 6.45) is 2.09. The van der Waals surface area contributed by atoms with Crippen molar-refractivity contribution >= 4 is 28.4 Å². The van der Waals surface area contributed by atoms with E-state index in [0.29, 0.717) is 5.52 Å². The van der Waals surface area contributed by atoms with Crippen molar-refractivity contribution in [3.8, 4) is 0 Å². The van der Waals surface area contributed by atoms with Crippen LogP contribution in [0.1, 0.15) is 5.69 Å². The van der Waals surface area contributed by atoms with E-state index in [1.54, 1.807) is 17.8 Å². The Morgan fingerprint density at radius 3 is 2.89 bits per heavy atom. The quantitative estimate of drug-likeness (QED) is 0.841. The number of anilines is 1. The number of aryl methyl sites for hydroxylation is 1. The second-order valence-electron chi connectivity index (χ2n) is 4.33. The van der Waals surface area contributed by atoms with Gasteiger partial charge in [0.1, 0.15) is 11.3 Å². The molecule has 1 heterocycles. The lowest BCUT2D eigenvalue weighted by Gasteiger charge is -2.21. The number of aromatic nitrogens is 1. The van der Waals surface area contributed by atoms with Gasteiger partial charge < -0.3 is 4.90 Å². The predicted octanol–water partition coefficient (Wildman–Crippen LogP) is 3.48. The van der Waals surface area contributed by atoms with Gasteiger partial charge in [-0.05, 0) is 25.3 Å². The molecule has 0 saturated heterocycles. The molecule has 1 aromatic heterocycles. The summed E-state index contributed by atoms with van der Waals surface area (Å²) in [6, 6.07) is 7.14. The Morgan fingerprint density at radius 1 is 1.39 bits per heavy atom. The standard InChI is InChI=1S/C14H17FN2S/c1-10-9-13(17(2)7-8-18-3)11-5-4-6-12(15)14(11)16-10/h4-6,9H,7-8H2,1-3H3. The normalized spacial score (nSPS) is 10.9. The van der Waals surface area contributed by atoms with Crippen molar-refractivity contribution in [3.05, 3.63) is 35.8 Å². The van der Waals surface area contributed by atoms with Crippen LogP contribution in [0.4, 0.5) is 10.1 Å². The second-order valence-corrected chi connectivity index (χ2v) is 5.32. The van der Waals surface area contributed by atoms with Crippen LogP contribution in [0.15, 0.2) is 24.3 Å². The molecule has 2 aromatic rings. The molecule has 0 fully saturated rings. The summed E-state index contributed by atoms with van der Waals surface area (Å²) in [7, 11) is 2.04. The highest BCUT2D eigenvalue weighted by atomic mass is 32.2. The fraction of sp³-hybridized carbons (Fsp3) is 0.357. The number of thioether (sulfide) groups is 1. The SMILES string of the molecule is CSCCN(C)c1cc(C)nc2c(F)cccc12. The number of fused-ring (bicyclic) bond motifs is 1. The summed E-state index contributed by atoms with van der Waals surface area (Å²) in [5, 5.41) is 0.879. The third-order valence-corrected chi connectivity index (χ3v) is 3.53. The van der Waals surface area contributed by atoms with Crippen molar-refractivity contribution in [1.82, 2.24) is 4.98 Å². The summed E-state index contributed by atoms with van der Waals surface area (Å²) in [6.45, 7) is 2.84. The zero-order chi connectivity index (χ0) is 13.1. The van der Waals surface area contributed by atoms with Gasteiger partial charge in [-0.25, -0.2) is 9.37 Å². The number of pyridine rings is 1. The Morgan fingerprint density at radius 2 is 2.17 bits per heavy atom. The molecule has 1 aromatic carbocycles. The first kappa shape index (κ1) is 13.1. The molecule has 2 nitrogen and oxygen atoms in total. The molecule has 2 rings (SSSR count). The van der Waals surface area contributed by atoms with Gasteiger partial charge in [-0.15, -0.1) is 0 Å². The monoisotopic (exact) mass is 264 g/mol. The second kappa shape index (κ2) is 5.57. The highest BCUT2D eigenvalue weighted by Gasteiger charge is 2.10. The van der Waals surface area contributed by atoms with Gasteiger partial charge >= 0.3 is 0 Å². The Labute approximate surface area is 111 Å². The zero-order valence-corrected chi connectivity index (χ0v) is 11.7. The molecule has 0 N–H and O–H groups in total. The molecule has 0 aliphatic carbocycles. The molecule has 18 heavy (non-hydrogen) atoms. The number of benzene rings is 1. The van der Waals surface area contributed by atoms with E-state index >= 15 is 0 Å². The number of para-hydroxylation sites is 1. The first-order valence-corrected chi connectivity index (χ1v) is 7.29. The zero-order valence-electron chi connectivity index (χ0n) is 10.9. The third-order valence-electron chi connectivity index (χ3n) is 2.94. The Bertz CT molecular complexity index is 557. The Kier molecular flexibility index (Phi) is 4.07. The van der Waals surface area contributed by atoms with Gasteiger partial charge in [0.05, 0.1) is 0 Å². The van der Waals surface area contributed by atoms with Crippen LogP contribution in [0.25, 0.3) is 10.9 Å². The van der Waals surface area contributed by atoms with Crippen molar-refractivity contribution in [3.63, 3.8) is 0 Å². The summed E-state index contributed by atoms with van der Waals surface area (Å²) in [5.74, 6) is 0.796. The summed E-state index contributed by atoms with van der Waals surface area (Å²) in [4.78, 5) is 6.45. The highest BCUT2D eigenvalue weighted by molar-refractivity contribution is 7.98. The van der Waals surface area contributed by atoms with Crippen LogP contribution in [0.2, 0.25) is 0 Å². The smallest absolute Gasteiger partial charge is 0.149 e. The van der Waals surface area contributed by atoms with Crippen molar-refractivity contribution in [2.75, 3.05) is 30.5 Å². The van der Waals surface area contributed by atoms with Crippen molar-refractivity contribution < 1.29 is 4.39 Å². The Hall–Kier alpha value is -1.29. The average Bonchev–Trinajstić information content (AvgIpc) is 2.36. The van der Waals surface area contributed by atoms with Gasteiger partial charge in [0.15, 0.2) is 0 Å². The van der Waals surface area contributed by atoms with Crippen LogP contribution >= 0.6 is 11.8 Å². The number of hydrogen-bond donors (Lipinski definition) is 0. The van der Waals surface area contributed by atoms with Crippen LogP contribution < -0.4 is 4.90 Å². The van der Waals surface area contributed by atoms with Gasteiger partial charge in [0, 0.05) is 36.1 Å². The van der Waals surface area contributed by atoms with Crippen LogP contribution in [0.3, 0.4) is 0 Å². The lowest BCUT2D eigenvalue weighted by Crippen LogP contribution is -2.20. The lowest BCUT2D eigenvalue weighted by molar-refractivity contribution is 0.636. The molecule has 4 heteroatoms. The van der Waals surface area contributed by atoms with Gasteiger partial charge in [-0.2, -0.15) is 11.8 Å². The summed E-state index contributed by atoms with van der Waals surface area (Å²) in [5.41, 5.74) is 2.35. The number of halogens is 1. The van der Waals surface area contributed by atoms with Gasteiger partial charge in [-0.3, -0.25) is 0 Å². The fourth-order valence-corrected chi connectivity index (χ4v) is 2.44. The van der Waals surface area contributed by atoms with Crippen molar-refractivity contribution in [1.29, 1.82) is 0 Å². The first-order valence-electron chi connectivity index (χ1n) is 5.89. The van der Waals surface area contributed by atoms with E-state index in [1.807, 2.05) is 26.1 Å². The molecule has 0 aliphatic heterocycles. The predicted molar refractivity (Wildman–Crippen MR) is 78.1 cm³/mol. The molecule has 0 saturated carbocycles. The molecule has 0 bridgehead atoms. The Balaban J connectivity index is 2.52. The van der Waals surface area contributed by atoms with E-state index in [2.05, 4.69) is 16.1 Å². The minimum absolute atomic E-state index is 0.254. The first-order chi connectivity index (χ1) is 8.63. The van der Waals surface area contributed by atoms with E-state index in [0.717, 1.165) is 29.1 Å². The lowest BCUT2D eigenvalue weighted by atomic mass is 10.1. The van der Waals surface area contributed by atoms with Gasteiger partial charge in [-0.1, -0.05) is 12.1 Å². The molecule has 0 spiro atoms. The van der Waals surface area contributed by atoms with E-state index in [9.17, 15) is 4.39 Å². The molecular weight excluding hydrogens is 247 g/mol. The molecule has 0 radical (unpaired) electrons. The topological polar surface area (TPSA) is 16.1 Å². The van der Waals surface area contributed by atoms with Crippen molar-refractivity contribution in [2.24, 2.45) is 0 Å². The summed E-state index contributed by atoms with van der Waals surface area (Å²) < 4.78 is 13.8. The van der Waals surface area contributed by atoms with E-state index in [-0.39, 0.29) is 5.82 Å². The fourth-order valence-electron chi connectivity index (χ4n) is 1.98. The maximum atomic E-state index is 13.8. The van der Waals surface area contributed by atoms with Gasteiger partial charge in [0.2, 0.25) is 0 Å². The van der Waals surface area contributed by atoms with E-state index in [4.69, 9.17) is 0 Å². The largest absolute Gasteiger partial charge is 0.373 e. The third kappa shape index (κ3) is 2.58. The van der Waals surface area contributed by atoms with Crippen molar-refractivity contribution in [2.45, 2.75) is 6.92 Å². The molecule has 0 aliphatic rings. The molecule has 0 amide bonds. The molecule has 96 valence electrons. The average molecular weight is 264 g/mol. The minimum Gasteiger partial charge on any atom is -0.373 e. The number of hydrogen-bond acceptors (Lipinski definition) is 3. The maximum Gasteiger partial charge on any atom is 0.149 e. The van der Waals surface area contributed by atoms with Crippen LogP contribution in [-0.4, -0.2) is 30.6 Å². The van der Waals surface area contributed by atoms with E-state index in [1.165, 1.54) is 6.07 Å². The molecule has 0 unspecified atom stereocenters. The van der Waals surface area contributed by atoms with Crippen LogP contribution in [0.5, 0.6) is 0 Å². The molecule has 0 atom stereocenters. The number of rotatable bonds is 4. The van der Waals surface area contributed by atoms with E-state index < -0.39 is 0 Å².